The Morgan fingerprint density at radius 1 is 1.33 bits per heavy atom. The van der Waals surface area contributed by atoms with Gasteiger partial charge in [0.15, 0.2) is 11.0 Å². The highest BCUT2D eigenvalue weighted by Crippen LogP contribution is 2.28. The van der Waals surface area contributed by atoms with Gasteiger partial charge in [-0.25, -0.2) is 9.97 Å². The molecule has 0 saturated heterocycles. The Morgan fingerprint density at radius 2 is 2.06 bits per heavy atom. The lowest BCUT2D eigenvalue weighted by molar-refractivity contribution is 0.318. The fraction of sp³-hybridized carbons (Fsp3) is 0.0833. The van der Waals surface area contributed by atoms with Crippen LogP contribution < -0.4 is 5.73 Å². The van der Waals surface area contributed by atoms with Crippen molar-refractivity contribution in [2.24, 2.45) is 10.9 Å². The molecule has 1 aromatic heterocycles. The van der Waals surface area contributed by atoms with Gasteiger partial charge in [-0.2, -0.15) is 0 Å². The van der Waals surface area contributed by atoms with Crippen molar-refractivity contribution in [3.05, 3.63) is 47.8 Å². The van der Waals surface area contributed by atoms with Crippen LogP contribution in [0.5, 0.6) is 0 Å². The van der Waals surface area contributed by atoms with E-state index in [1.165, 1.54) is 11.8 Å². The standard InChI is InChI=1S/C12H12N4OS/c1-8-3-4-10(9(7-8)11(13)16-17)18-12-14-5-2-6-15-12/h2-7,17H,1H3,(H2,13,16). The Hall–Kier alpha value is -2.08. The molecule has 18 heavy (non-hydrogen) atoms. The minimum absolute atomic E-state index is 0.0807. The number of hydrogen-bond donors (Lipinski definition) is 2. The Bertz CT molecular complexity index is 572. The molecule has 0 bridgehead atoms. The molecule has 0 saturated carbocycles. The first-order valence-corrected chi connectivity index (χ1v) is 6.06. The Morgan fingerprint density at radius 3 is 2.72 bits per heavy atom. The maximum absolute atomic E-state index is 8.79. The monoisotopic (exact) mass is 260 g/mol. The zero-order chi connectivity index (χ0) is 13.0. The first-order valence-electron chi connectivity index (χ1n) is 5.24. The predicted molar refractivity (Wildman–Crippen MR) is 69.8 cm³/mol. The second-order valence-electron chi connectivity index (χ2n) is 3.62. The van der Waals surface area contributed by atoms with E-state index in [9.17, 15) is 0 Å². The van der Waals surface area contributed by atoms with E-state index in [0.29, 0.717) is 10.7 Å². The van der Waals surface area contributed by atoms with Crippen LogP contribution in [-0.2, 0) is 0 Å². The smallest absolute Gasteiger partial charge is 0.192 e. The third-order valence-corrected chi connectivity index (χ3v) is 3.23. The molecule has 0 aliphatic carbocycles. The van der Waals surface area contributed by atoms with Gasteiger partial charge in [0.2, 0.25) is 0 Å². The summed E-state index contributed by atoms with van der Waals surface area (Å²) in [6.45, 7) is 1.95. The van der Waals surface area contributed by atoms with E-state index in [2.05, 4.69) is 15.1 Å². The highest BCUT2D eigenvalue weighted by molar-refractivity contribution is 7.99. The minimum atomic E-state index is 0.0807. The second-order valence-corrected chi connectivity index (χ2v) is 4.63. The molecule has 6 heteroatoms. The lowest BCUT2D eigenvalue weighted by atomic mass is 10.1. The molecular weight excluding hydrogens is 248 g/mol. The predicted octanol–water partition coefficient (Wildman–Crippen LogP) is 2.03. The van der Waals surface area contributed by atoms with Crippen molar-refractivity contribution in [3.8, 4) is 0 Å². The van der Waals surface area contributed by atoms with Gasteiger partial charge < -0.3 is 10.9 Å². The van der Waals surface area contributed by atoms with Gasteiger partial charge in [0.25, 0.3) is 0 Å². The maximum Gasteiger partial charge on any atom is 0.192 e. The van der Waals surface area contributed by atoms with Gasteiger partial charge in [0, 0.05) is 22.9 Å². The lowest BCUT2D eigenvalue weighted by Gasteiger charge is -2.07. The Balaban J connectivity index is 2.39. The van der Waals surface area contributed by atoms with Crippen molar-refractivity contribution in [1.29, 1.82) is 0 Å². The molecule has 0 fully saturated rings. The molecular formula is C12H12N4OS. The quantitative estimate of drug-likeness (QED) is 0.290. The van der Waals surface area contributed by atoms with Crippen LogP contribution >= 0.6 is 11.8 Å². The molecule has 0 atom stereocenters. The fourth-order valence-electron chi connectivity index (χ4n) is 1.42. The van der Waals surface area contributed by atoms with E-state index in [1.807, 2.05) is 25.1 Å². The number of amidine groups is 1. The van der Waals surface area contributed by atoms with Gasteiger partial charge >= 0.3 is 0 Å². The number of nitrogens with two attached hydrogens (primary N) is 1. The normalized spacial score (nSPS) is 11.5. The highest BCUT2D eigenvalue weighted by atomic mass is 32.2. The maximum atomic E-state index is 8.79. The van der Waals surface area contributed by atoms with Crippen molar-refractivity contribution in [1.82, 2.24) is 9.97 Å². The average molecular weight is 260 g/mol. The van der Waals surface area contributed by atoms with E-state index in [-0.39, 0.29) is 5.84 Å². The van der Waals surface area contributed by atoms with Crippen LogP contribution in [0.15, 0.2) is 51.9 Å². The molecule has 0 spiro atoms. The molecule has 0 amide bonds. The van der Waals surface area contributed by atoms with Crippen LogP contribution in [0.4, 0.5) is 0 Å². The van der Waals surface area contributed by atoms with Crippen molar-refractivity contribution in [2.45, 2.75) is 17.0 Å². The average Bonchev–Trinajstić information content (AvgIpc) is 2.41. The summed E-state index contributed by atoms with van der Waals surface area (Å²) in [6.07, 6.45) is 3.35. The van der Waals surface area contributed by atoms with E-state index in [0.717, 1.165) is 10.5 Å². The summed E-state index contributed by atoms with van der Waals surface area (Å²) in [7, 11) is 0. The number of nitrogens with zero attached hydrogens (tertiary/aromatic N) is 3. The summed E-state index contributed by atoms with van der Waals surface area (Å²) in [4.78, 5) is 9.11. The number of rotatable bonds is 3. The summed E-state index contributed by atoms with van der Waals surface area (Å²) in [5.41, 5.74) is 7.38. The SMILES string of the molecule is Cc1ccc(Sc2ncccn2)c(/C(N)=N/O)c1. The van der Waals surface area contributed by atoms with Gasteiger partial charge in [-0.1, -0.05) is 16.8 Å². The Kier molecular flexibility index (Phi) is 3.78. The second kappa shape index (κ2) is 5.50. The molecule has 0 unspecified atom stereocenters. The third kappa shape index (κ3) is 2.78. The Labute approximate surface area is 109 Å². The molecule has 0 radical (unpaired) electrons. The third-order valence-electron chi connectivity index (χ3n) is 2.26. The van der Waals surface area contributed by atoms with E-state index in [4.69, 9.17) is 10.9 Å². The van der Waals surface area contributed by atoms with Crippen molar-refractivity contribution >= 4 is 17.6 Å². The highest BCUT2D eigenvalue weighted by Gasteiger charge is 2.10. The van der Waals surface area contributed by atoms with Crippen LogP contribution in [0.3, 0.4) is 0 Å². The zero-order valence-corrected chi connectivity index (χ0v) is 10.6. The van der Waals surface area contributed by atoms with Crippen LogP contribution in [0.25, 0.3) is 0 Å². The molecule has 2 aromatic rings. The van der Waals surface area contributed by atoms with Crippen LogP contribution in [-0.4, -0.2) is 21.0 Å². The van der Waals surface area contributed by atoms with Gasteiger partial charge in [0.1, 0.15) is 0 Å². The van der Waals surface area contributed by atoms with Crippen LogP contribution in [0, 0.1) is 6.92 Å². The molecule has 92 valence electrons. The van der Waals surface area contributed by atoms with E-state index >= 15 is 0 Å². The largest absolute Gasteiger partial charge is 0.409 e. The molecule has 1 heterocycles. The summed E-state index contributed by atoms with van der Waals surface area (Å²) in [5, 5.41) is 12.5. The number of aromatic nitrogens is 2. The lowest BCUT2D eigenvalue weighted by Crippen LogP contribution is -2.14. The van der Waals surface area contributed by atoms with E-state index < -0.39 is 0 Å². The van der Waals surface area contributed by atoms with Crippen molar-refractivity contribution < 1.29 is 5.21 Å². The zero-order valence-electron chi connectivity index (χ0n) is 9.74. The fourth-order valence-corrected chi connectivity index (χ4v) is 2.26. The van der Waals surface area contributed by atoms with Gasteiger partial charge in [-0.15, -0.1) is 0 Å². The summed E-state index contributed by atoms with van der Waals surface area (Å²) in [5.74, 6) is 0.0807. The van der Waals surface area contributed by atoms with Crippen molar-refractivity contribution in [2.75, 3.05) is 0 Å². The summed E-state index contributed by atoms with van der Waals surface area (Å²) < 4.78 is 0. The van der Waals surface area contributed by atoms with E-state index in [1.54, 1.807) is 18.5 Å². The van der Waals surface area contributed by atoms with Crippen LogP contribution in [0.2, 0.25) is 0 Å². The molecule has 1 aromatic carbocycles. The number of aryl methyl sites for hydroxylation is 1. The first kappa shape index (κ1) is 12.4. The summed E-state index contributed by atoms with van der Waals surface area (Å²) >= 11 is 1.37. The molecule has 5 nitrogen and oxygen atoms in total. The number of benzene rings is 1. The topological polar surface area (TPSA) is 84.4 Å². The molecule has 3 N–H and O–H groups in total. The minimum Gasteiger partial charge on any atom is -0.409 e. The van der Waals surface area contributed by atoms with Crippen molar-refractivity contribution in [3.63, 3.8) is 0 Å². The molecule has 2 rings (SSSR count). The molecule has 0 aliphatic heterocycles. The van der Waals surface area contributed by atoms with Gasteiger partial charge in [0.05, 0.1) is 0 Å². The van der Waals surface area contributed by atoms with Gasteiger partial charge in [-0.3, -0.25) is 0 Å². The number of oxime groups is 1. The first-order chi connectivity index (χ1) is 8.70. The number of hydrogen-bond acceptors (Lipinski definition) is 5. The summed E-state index contributed by atoms with van der Waals surface area (Å²) in [6, 6.07) is 7.48. The van der Waals surface area contributed by atoms with Gasteiger partial charge in [-0.05, 0) is 36.9 Å². The van der Waals surface area contributed by atoms with Crippen LogP contribution in [0.1, 0.15) is 11.1 Å². The molecule has 0 aliphatic rings.